The van der Waals surface area contributed by atoms with Crippen LogP contribution >= 0.6 is 15.9 Å². The van der Waals surface area contributed by atoms with Crippen LogP contribution in [-0.2, 0) is 12.7 Å². The van der Waals surface area contributed by atoms with Gasteiger partial charge in [-0.2, -0.15) is 23.5 Å². The van der Waals surface area contributed by atoms with Crippen molar-refractivity contribution >= 4 is 33.4 Å². The van der Waals surface area contributed by atoms with E-state index in [9.17, 15) is 28.0 Å². The first-order chi connectivity index (χ1) is 17.5. The molecular formula is C21H14BrF3N10O2. The highest BCUT2D eigenvalue weighted by atomic mass is 79.9. The van der Waals surface area contributed by atoms with Crippen molar-refractivity contribution in [1.29, 1.82) is 5.26 Å². The van der Waals surface area contributed by atoms with Crippen LogP contribution in [0.25, 0.3) is 5.82 Å². The Kier molecular flexibility index (Phi) is 6.72. The molecule has 0 bridgehead atoms. The summed E-state index contributed by atoms with van der Waals surface area (Å²) < 4.78 is 41.7. The third kappa shape index (κ3) is 5.16. The molecule has 16 heteroatoms. The lowest BCUT2D eigenvalue weighted by Crippen LogP contribution is -2.22. The molecule has 4 aromatic rings. The number of nitrogens with zero attached hydrogens (tertiary/aromatic N) is 8. The molecule has 1 aromatic carbocycles. The molecule has 3 N–H and O–H groups in total. The second-order valence-corrected chi connectivity index (χ2v) is 8.40. The normalized spacial score (nSPS) is 11.2. The highest BCUT2D eigenvalue weighted by molar-refractivity contribution is 9.10. The van der Waals surface area contributed by atoms with Crippen LogP contribution in [0.3, 0.4) is 0 Å². The molecule has 3 aromatic heterocycles. The number of nitrogens with one attached hydrogen (secondary N) is 1. The van der Waals surface area contributed by atoms with Gasteiger partial charge in [-0.25, -0.2) is 14.3 Å². The van der Waals surface area contributed by atoms with Gasteiger partial charge in [0.05, 0.1) is 39.6 Å². The topological polar surface area (TPSA) is 170 Å². The summed E-state index contributed by atoms with van der Waals surface area (Å²) in [6.45, 7) is 1.05. The number of hydrogen-bond acceptors (Lipinski definition) is 8. The van der Waals surface area contributed by atoms with Crippen molar-refractivity contribution in [3.63, 3.8) is 0 Å². The number of carbonyl (C=O) groups is 2. The first-order valence-corrected chi connectivity index (χ1v) is 11.0. The Labute approximate surface area is 214 Å². The number of benzene rings is 1. The van der Waals surface area contributed by atoms with Crippen LogP contribution in [0.2, 0.25) is 0 Å². The van der Waals surface area contributed by atoms with Crippen LogP contribution in [0.15, 0.2) is 41.0 Å². The molecule has 37 heavy (non-hydrogen) atoms. The van der Waals surface area contributed by atoms with Gasteiger partial charge in [-0.3, -0.25) is 9.59 Å². The quantitative estimate of drug-likeness (QED) is 0.353. The second-order valence-electron chi connectivity index (χ2n) is 7.55. The van der Waals surface area contributed by atoms with E-state index in [2.05, 4.69) is 46.9 Å². The predicted molar refractivity (Wildman–Crippen MR) is 123 cm³/mol. The van der Waals surface area contributed by atoms with Gasteiger partial charge < -0.3 is 11.1 Å². The zero-order chi connectivity index (χ0) is 26.9. The van der Waals surface area contributed by atoms with Gasteiger partial charge in [0.25, 0.3) is 17.6 Å². The third-order valence-corrected chi connectivity index (χ3v) is 5.62. The molecule has 0 atom stereocenters. The number of nitriles is 1. The van der Waals surface area contributed by atoms with E-state index in [1.165, 1.54) is 24.4 Å². The number of halogens is 4. The minimum atomic E-state index is -4.81. The van der Waals surface area contributed by atoms with Crippen LogP contribution in [0.4, 0.5) is 18.9 Å². The molecule has 0 aliphatic carbocycles. The largest absolute Gasteiger partial charge is 0.453 e. The van der Waals surface area contributed by atoms with Crippen molar-refractivity contribution < 1.29 is 22.8 Å². The molecule has 4 rings (SSSR count). The standard InChI is InChI=1S/C21H14BrF3N10O2/c1-10-5-11(8-26)6-13(17(27)36)16(10)29-19(37)15-7-12(9-34-20(21(23,24)25)30-32-33-34)31-35(15)18-14(22)3-2-4-28-18/h2-7H,9H2,1H3,(H2,27,36)(H,29,37). The van der Waals surface area contributed by atoms with Gasteiger partial charge in [-0.15, -0.1) is 5.10 Å². The van der Waals surface area contributed by atoms with Gasteiger partial charge in [0.1, 0.15) is 5.69 Å². The fourth-order valence-corrected chi connectivity index (χ4v) is 3.84. The molecule has 3 heterocycles. The SMILES string of the molecule is Cc1cc(C#N)cc(C(N)=O)c1NC(=O)c1cc(Cn2nnnc2C(F)(F)F)nn1-c1ncccc1Br. The molecule has 0 fully saturated rings. The van der Waals surface area contributed by atoms with E-state index < -0.39 is 30.4 Å². The number of carbonyl (C=O) groups excluding carboxylic acids is 2. The van der Waals surface area contributed by atoms with Crippen molar-refractivity contribution in [3.8, 4) is 11.9 Å². The van der Waals surface area contributed by atoms with Gasteiger partial charge >= 0.3 is 6.18 Å². The Balaban J connectivity index is 1.79. The number of hydrogen-bond donors (Lipinski definition) is 2. The van der Waals surface area contributed by atoms with Crippen molar-refractivity contribution in [2.75, 3.05) is 5.32 Å². The average molecular weight is 575 g/mol. The molecule has 188 valence electrons. The van der Waals surface area contributed by atoms with E-state index in [1.54, 1.807) is 19.1 Å². The summed E-state index contributed by atoms with van der Waals surface area (Å²) in [5.74, 6) is -2.83. The van der Waals surface area contributed by atoms with Gasteiger partial charge in [0, 0.05) is 6.20 Å². The molecular weight excluding hydrogens is 561 g/mol. The van der Waals surface area contributed by atoms with Crippen molar-refractivity contribution in [2.24, 2.45) is 5.73 Å². The van der Waals surface area contributed by atoms with Crippen LogP contribution in [0.1, 0.15) is 43.5 Å². The maximum absolute atomic E-state index is 13.4. The lowest BCUT2D eigenvalue weighted by atomic mass is 10.0. The van der Waals surface area contributed by atoms with Gasteiger partial charge in [-0.05, 0) is 69.2 Å². The smallest absolute Gasteiger partial charge is 0.366 e. The minimum absolute atomic E-state index is 0.00665. The average Bonchev–Trinajstić information content (AvgIpc) is 3.47. The number of aryl methyl sites for hydroxylation is 1. The monoisotopic (exact) mass is 574 g/mol. The maximum atomic E-state index is 13.4. The zero-order valence-electron chi connectivity index (χ0n) is 18.7. The fourth-order valence-electron chi connectivity index (χ4n) is 3.42. The first-order valence-electron chi connectivity index (χ1n) is 10.2. The summed E-state index contributed by atoms with van der Waals surface area (Å²) >= 11 is 3.32. The minimum Gasteiger partial charge on any atom is -0.366 e. The van der Waals surface area contributed by atoms with Crippen LogP contribution in [0.5, 0.6) is 0 Å². The summed E-state index contributed by atoms with van der Waals surface area (Å²) in [7, 11) is 0. The molecule has 0 spiro atoms. The first kappa shape index (κ1) is 25.4. The summed E-state index contributed by atoms with van der Waals surface area (Å²) in [5.41, 5.74) is 5.83. The van der Waals surface area contributed by atoms with E-state index in [4.69, 9.17) is 5.73 Å². The molecule has 0 aliphatic rings. The number of tetrazole rings is 1. The van der Waals surface area contributed by atoms with E-state index in [-0.39, 0.29) is 34.0 Å². The molecule has 0 radical (unpaired) electrons. The van der Waals surface area contributed by atoms with Crippen LogP contribution < -0.4 is 11.1 Å². The molecule has 0 unspecified atom stereocenters. The summed E-state index contributed by atoms with van der Waals surface area (Å²) in [6, 6.07) is 9.08. The Morgan fingerprint density at radius 1 is 1.27 bits per heavy atom. The summed E-state index contributed by atoms with van der Waals surface area (Å²) in [6.07, 6.45) is -3.38. The lowest BCUT2D eigenvalue weighted by Gasteiger charge is -2.13. The number of amides is 2. The maximum Gasteiger partial charge on any atom is 0.453 e. The van der Waals surface area contributed by atoms with Crippen molar-refractivity contribution in [1.82, 2.24) is 35.0 Å². The highest BCUT2D eigenvalue weighted by Crippen LogP contribution is 2.28. The number of anilines is 1. The number of pyridine rings is 1. The van der Waals surface area contributed by atoms with E-state index in [0.717, 1.165) is 4.68 Å². The van der Waals surface area contributed by atoms with Gasteiger partial charge in [-0.1, -0.05) is 0 Å². The van der Waals surface area contributed by atoms with Gasteiger partial charge in [0.2, 0.25) is 0 Å². The van der Waals surface area contributed by atoms with E-state index in [1.807, 2.05) is 6.07 Å². The lowest BCUT2D eigenvalue weighted by molar-refractivity contribution is -0.147. The number of nitrogens with two attached hydrogens (primary N) is 1. The number of aromatic nitrogens is 7. The molecule has 0 aliphatic heterocycles. The van der Waals surface area contributed by atoms with Crippen molar-refractivity contribution in [3.05, 3.63) is 74.9 Å². The Morgan fingerprint density at radius 2 is 2.03 bits per heavy atom. The predicted octanol–water partition coefficient (Wildman–Crippen LogP) is 2.61. The highest BCUT2D eigenvalue weighted by Gasteiger charge is 2.38. The second kappa shape index (κ2) is 9.78. The van der Waals surface area contributed by atoms with Crippen LogP contribution in [0, 0.1) is 18.3 Å². The Morgan fingerprint density at radius 3 is 2.68 bits per heavy atom. The Hall–Kier alpha value is -4.65. The zero-order valence-corrected chi connectivity index (χ0v) is 20.2. The molecule has 2 amide bonds. The number of primary amides is 1. The molecule has 0 saturated carbocycles. The number of rotatable bonds is 6. The van der Waals surface area contributed by atoms with E-state index in [0.29, 0.717) is 14.7 Å². The van der Waals surface area contributed by atoms with E-state index >= 15 is 0 Å². The van der Waals surface area contributed by atoms with Crippen molar-refractivity contribution in [2.45, 2.75) is 19.6 Å². The molecule has 0 saturated heterocycles. The van der Waals surface area contributed by atoms with Gasteiger partial charge in [0.15, 0.2) is 5.82 Å². The summed E-state index contributed by atoms with van der Waals surface area (Å²) in [4.78, 5) is 29.6. The number of alkyl halides is 3. The fraction of sp³-hybridized carbons (Fsp3) is 0.143. The third-order valence-electron chi connectivity index (χ3n) is 5.00. The summed E-state index contributed by atoms with van der Waals surface area (Å²) in [5, 5.41) is 25.5. The molecule has 12 nitrogen and oxygen atoms in total. The van der Waals surface area contributed by atoms with Crippen LogP contribution in [-0.4, -0.2) is 46.8 Å². The Bertz CT molecular complexity index is 1570.